The number of thioether (sulfide) groups is 1. The summed E-state index contributed by atoms with van der Waals surface area (Å²) in [6.45, 7) is 4.81. The number of rotatable bonds is 8. The number of hydrogen-bond acceptors (Lipinski definition) is 4. The number of carbonyl (C=O) groups excluding carboxylic acids is 1. The number of benzene rings is 2. The standard InChI is InChI=1S/C20H24N2O2S2/c1-3-24-19(23)17-10-7-11-18(15(17)2)22-20(25)21-12-13-26-14-16-8-5-4-6-9-16/h4-11H,3,12-14H2,1-2H3,(H2,21,22,25). The number of thiocarbonyl (C=S) groups is 1. The second kappa shape index (κ2) is 10.8. The Morgan fingerprint density at radius 1 is 1.15 bits per heavy atom. The van der Waals surface area contributed by atoms with Gasteiger partial charge >= 0.3 is 5.97 Å². The van der Waals surface area contributed by atoms with Crippen molar-refractivity contribution >= 4 is 40.7 Å². The van der Waals surface area contributed by atoms with Gasteiger partial charge in [0.2, 0.25) is 0 Å². The van der Waals surface area contributed by atoms with Crippen LogP contribution in [0.2, 0.25) is 0 Å². The Morgan fingerprint density at radius 3 is 2.65 bits per heavy atom. The van der Waals surface area contributed by atoms with E-state index in [-0.39, 0.29) is 5.97 Å². The van der Waals surface area contributed by atoms with E-state index in [0.717, 1.165) is 29.3 Å². The van der Waals surface area contributed by atoms with Crippen LogP contribution in [-0.2, 0) is 10.5 Å². The van der Waals surface area contributed by atoms with E-state index in [1.807, 2.05) is 36.9 Å². The Labute approximate surface area is 164 Å². The SMILES string of the molecule is CCOC(=O)c1cccc(NC(=S)NCCSCc2ccccc2)c1C. The topological polar surface area (TPSA) is 50.4 Å². The van der Waals surface area contributed by atoms with Crippen LogP contribution in [0.4, 0.5) is 5.69 Å². The molecule has 0 bridgehead atoms. The summed E-state index contributed by atoms with van der Waals surface area (Å²) in [4.78, 5) is 12.0. The molecule has 0 spiro atoms. The molecule has 0 aliphatic rings. The van der Waals surface area contributed by atoms with Crippen molar-refractivity contribution in [3.05, 3.63) is 65.2 Å². The summed E-state index contributed by atoms with van der Waals surface area (Å²) in [7, 11) is 0. The summed E-state index contributed by atoms with van der Waals surface area (Å²) >= 11 is 7.21. The van der Waals surface area contributed by atoms with E-state index in [4.69, 9.17) is 17.0 Å². The van der Waals surface area contributed by atoms with Crippen LogP contribution in [0.3, 0.4) is 0 Å². The third-order valence-electron chi connectivity index (χ3n) is 3.72. The minimum atomic E-state index is -0.315. The van der Waals surface area contributed by atoms with Crippen molar-refractivity contribution in [2.45, 2.75) is 19.6 Å². The van der Waals surface area contributed by atoms with Crippen LogP contribution in [-0.4, -0.2) is 30.0 Å². The maximum absolute atomic E-state index is 12.0. The zero-order valence-electron chi connectivity index (χ0n) is 15.1. The summed E-state index contributed by atoms with van der Waals surface area (Å²) in [5.74, 6) is 1.63. The van der Waals surface area contributed by atoms with Crippen molar-refractivity contribution in [1.82, 2.24) is 5.32 Å². The largest absolute Gasteiger partial charge is 0.462 e. The quantitative estimate of drug-likeness (QED) is 0.397. The van der Waals surface area contributed by atoms with Gasteiger partial charge in [-0.15, -0.1) is 0 Å². The molecule has 2 rings (SSSR count). The molecule has 0 aromatic heterocycles. The number of ether oxygens (including phenoxy) is 1. The van der Waals surface area contributed by atoms with Gasteiger partial charge in [-0.2, -0.15) is 11.8 Å². The van der Waals surface area contributed by atoms with E-state index in [2.05, 4.69) is 34.9 Å². The maximum atomic E-state index is 12.0. The van der Waals surface area contributed by atoms with Crippen LogP contribution >= 0.6 is 24.0 Å². The van der Waals surface area contributed by atoms with Gasteiger partial charge < -0.3 is 15.4 Å². The molecule has 0 amide bonds. The predicted molar refractivity (Wildman–Crippen MR) is 114 cm³/mol. The number of anilines is 1. The zero-order chi connectivity index (χ0) is 18.8. The Hall–Kier alpha value is -2.05. The van der Waals surface area contributed by atoms with Crippen molar-refractivity contribution in [3.8, 4) is 0 Å². The maximum Gasteiger partial charge on any atom is 0.338 e. The minimum absolute atomic E-state index is 0.315. The molecular weight excluding hydrogens is 364 g/mol. The van der Waals surface area contributed by atoms with Crippen molar-refractivity contribution in [2.24, 2.45) is 0 Å². The Morgan fingerprint density at radius 2 is 1.92 bits per heavy atom. The summed E-state index contributed by atoms with van der Waals surface area (Å²) < 4.78 is 5.08. The predicted octanol–water partition coefficient (Wildman–Crippen LogP) is 4.39. The van der Waals surface area contributed by atoms with Crippen LogP contribution in [0.1, 0.15) is 28.4 Å². The van der Waals surface area contributed by atoms with Gasteiger partial charge in [0.25, 0.3) is 0 Å². The first-order chi connectivity index (χ1) is 12.6. The summed E-state index contributed by atoms with van der Waals surface area (Å²) in [6.07, 6.45) is 0. The fraction of sp³-hybridized carbons (Fsp3) is 0.300. The molecule has 0 radical (unpaired) electrons. The molecule has 2 aromatic rings. The summed E-state index contributed by atoms with van der Waals surface area (Å²) in [6, 6.07) is 15.9. The van der Waals surface area contributed by atoms with E-state index in [0.29, 0.717) is 17.3 Å². The molecule has 6 heteroatoms. The van der Waals surface area contributed by atoms with E-state index in [9.17, 15) is 4.79 Å². The van der Waals surface area contributed by atoms with Gasteiger partial charge in [0.1, 0.15) is 0 Å². The molecule has 0 atom stereocenters. The first-order valence-electron chi connectivity index (χ1n) is 8.55. The molecule has 0 fully saturated rings. The summed E-state index contributed by atoms with van der Waals surface area (Å²) in [5.41, 5.74) is 3.52. The molecule has 0 heterocycles. The van der Waals surface area contributed by atoms with Crippen LogP contribution < -0.4 is 10.6 Å². The third-order valence-corrected chi connectivity index (χ3v) is 5.00. The first kappa shape index (κ1) is 20.3. The van der Waals surface area contributed by atoms with Gasteiger partial charge in [-0.1, -0.05) is 36.4 Å². The number of hydrogen-bond donors (Lipinski definition) is 2. The number of carbonyl (C=O) groups is 1. The first-order valence-corrected chi connectivity index (χ1v) is 10.1. The lowest BCUT2D eigenvalue weighted by Crippen LogP contribution is -2.30. The Bertz CT molecular complexity index is 736. The van der Waals surface area contributed by atoms with Crippen molar-refractivity contribution in [3.63, 3.8) is 0 Å². The molecule has 4 nitrogen and oxygen atoms in total. The molecule has 0 saturated heterocycles. The fourth-order valence-electron chi connectivity index (χ4n) is 2.37. The molecule has 2 N–H and O–H groups in total. The van der Waals surface area contributed by atoms with E-state index >= 15 is 0 Å². The lowest BCUT2D eigenvalue weighted by Gasteiger charge is -2.14. The molecule has 0 aliphatic heterocycles. The highest BCUT2D eigenvalue weighted by Gasteiger charge is 2.12. The van der Waals surface area contributed by atoms with Crippen LogP contribution in [0.15, 0.2) is 48.5 Å². The highest BCUT2D eigenvalue weighted by molar-refractivity contribution is 7.98. The molecule has 2 aromatic carbocycles. The van der Waals surface area contributed by atoms with Gasteiger partial charge in [0.15, 0.2) is 5.11 Å². The Kier molecular flexibility index (Phi) is 8.44. The van der Waals surface area contributed by atoms with E-state index in [1.165, 1.54) is 5.56 Å². The second-order valence-electron chi connectivity index (χ2n) is 5.62. The van der Waals surface area contributed by atoms with Crippen molar-refractivity contribution < 1.29 is 9.53 Å². The fourth-order valence-corrected chi connectivity index (χ4v) is 3.40. The van der Waals surface area contributed by atoms with Crippen LogP contribution in [0.25, 0.3) is 0 Å². The Balaban J connectivity index is 1.77. The van der Waals surface area contributed by atoms with Crippen LogP contribution in [0, 0.1) is 6.92 Å². The van der Waals surface area contributed by atoms with Gasteiger partial charge in [-0.05, 0) is 49.3 Å². The smallest absolute Gasteiger partial charge is 0.338 e. The van der Waals surface area contributed by atoms with Gasteiger partial charge in [0, 0.05) is 23.7 Å². The average Bonchev–Trinajstić information content (AvgIpc) is 2.64. The normalized spacial score (nSPS) is 10.2. The van der Waals surface area contributed by atoms with E-state index < -0.39 is 0 Å². The highest BCUT2D eigenvalue weighted by Crippen LogP contribution is 2.19. The number of nitrogens with one attached hydrogen (secondary N) is 2. The molecule has 0 saturated carbocycles. The van der Waals surface area contributed by atoms with Crippen molar-refractivity contribution in [2.75, 3.05) is 24.2 Å². The molecule has 0 aliphatic carbocycles. The molecule has 26 heavy (non-hydrogen) atoms. The van der Waals surface area contributed by atoms with Gasteiger partial charge in [0.05, 0.1) is 12.2 Å². The molecular formula is C20H24N2O2S2. The molecule has 0 unspecified atom stereocenters. The van der Waals surface area contributed by atoms with Gasteiger partial charge in [-0.3, -0.25) is 0 Å². The monoisotopic (exact) mass is 388 g/mol. The van der Waals surface area contributed by atoms with E-state index in [1.54, 1.807) is 13.0 Å². The summed E-state index contributed by atoms with van der Waals surface area (Å²) in [5, 5.41) is 6.91. The van der Waals surface area contributed by atoms with Crippen LogP contribution in [0.5, 0.6) is 0 Å². The van der Waals surface area contributed by atoms with Crippen molar-refractivity contribution in [1.29, 1.82) is 0 Å². The zero-order valence-corrected chi connectivity index (χ0v) is 16.7. The lowest BCUT2D eigenvalue weighted by molar-refractivity contribution is 0.0525. The highest BCUT2D eigenvalue weighted by atomic mass is 32.2. The third kappa shape index (κ3) is 6.35. The van der Waals surface area contributed by atoms with Gasteiger partial charge in [-0.25, -0.2) is 4.79 Å². The second-order valence-corrected chi connectivity index (χ2v) is 7.13. The average molecular weight is 389 g/mol. The molecule has 138 valence electrons. The number of esters is 1. The minimum Gasteiger partial charge on any atom is -0.462 e. The lowest BCUT2D eigenvalue weighted by atomic mass is 10.1.